The number of piperazine rings is 1. The van der Waals surface area contributed by atoms with Crippen molar-refractivity contribution in [2.75, 3.05) is 167 Å². The maximum atomic E-state index is 14.0. The van der Waals surface area contributed by atoms with Crippen LogP contribution in [0.5, 0.6) is 11.5 Å². The number of nitro benzene ring substituents is 3. The van der Waals surface area contributed by atoms with Crippen molar-refractivity contribution in [1.82, 2.24) is 34.3 Å². The minimum atomic E-state index is -4.69. The minimum absolute atomic E-state index is 0.0190. The fourth-order valence-corrected chi connectivity index (χ4v) is 17.1. The number of halogens is 5. The largest absolute Gasteiger partial charge is 0.455 e. The van der Waals surface area contributed by atoms with Gasteiger partial charge >= 0.3 is 11.9 Å². The fourth-order valence-electron chi connectivity index (χ4n) is 14.8. The molecule has 1 aliphatic carbocycles. The zero-order chi connectivity index (χ0) is 90.7. The van der Waals surface area contributed by atoms with E-state index in [1.807, 2.05) is 0 Å². The molecule has 9 heterocycles. The molecular formula is C79H93ClF4N16O23S3. The van der Waals surface area contributed by atoms with Crippen LogP contribution in [0.4, 0.5) is 51.7 Å². The average Bonchev–Trinajstić information content (AvgIpc) is 0.871. The van der Waals surface area contributed by atoms with Crippen molar-refractivity contribution in [2.24, 2.45) is 56.9 Å². The predicted molar refractivity (Wildman–Crippen MR) is 446 cm³/mol. The number of benzene rings is 5. The Morgan fingerprint density at radius 1 is 0.627 bits per heavy atom. The van der Waals surface area contributed by atoms with E-state index in [0.717, 1.165) is 72.3 Å². The van der Waals surface area contributed by atoms with Crippen molar-refractivity contribution >= 4 is 116 Å². The molecule has 39 nitrogen and oxygen atoms in total. The van der Waals surface area contributed by atoms with Crippen molar-refractivity contribution in [3.8, 4) is 11.5 Å². The molecule has 4 amide bonds. The van der Waals surface area contributed by atoms with E-state index in [2.05, 4.69) is 49.0 Å². The molecule has 5 aromatic carbocycles. The lowest BCUT2D eigenvalue weighted by atomic mass is 9.72. The summed E-state index contributed by atoms with van der Waals surface area (Å²) < 4.78 is 165. The minimum Gasteiger partial charge on any atom is -0.455 e. The second-order valence-corrected chi connectivity index (χ2v) is 37.2. The van der Waals surface area contributed by atoms with Crippen LogP contribution >= 0.6 is 11.6 Å². The van der Waals surface area contributed by atoms with Crippen LogP contribution in [0.2, 0.25) is 5.02 Å². The molecule has 47 heteroatoms. The van der Waals surface area contributed by atoms with E-state index in [1.54, 1.807) is 45.2 Å². The van der Waals surface area contributed by atoms with Crippen LogP contribution in [0.15, 0.2) is 136 Å². The van der Waals surface area contributed by atoms with E-state index < -0.39 is 95.2 Å². The number of hydrogen-bond donors (Lipinski definition) is 7. The Balaban J connectivity index is 0.000000210. The molecule has 0 radical (unpaired) electrons. The number of allylic oxidation sites excluding steroid dienone is 1. The number of pyridine rings is 1. The molecule has 3 atom stereocenters. The zero-order valence-corrected chi connectivity index (χ0v) is 71.3. The first-order valence-corrected chi connectivity index (χ1v) is 44.6. The molecule has 126 heavy (non-hydrogen) atoms. The summed E-state index contributed by atoms with van der Waals surface area (Å²) in [5.74, 6) is -2.10. The van der Waals surface area contributed by atoms with E-state index in [0.29, 0.717) is 161 Å². The van der Waals surface area contributed by atoms with Gasteiger partial charge in [-0.25, -0.2) is 45.2 Å². The third-order valence-electron chi connectivity index (χ3n) is 22.0. The molecule has 680 valence electrons. The lowest BCUT2D eigenvalue weighted by Crippen LogP contribution is -2.51. The second-order valence-electron chi connectivity index (χ2n) is 32.0. The van der Waals surface area contributed by atoms with Gasteiger partial charge in [0.15, 0.2) is 0 Å². The number of nitro groups is 3. The lowest BCUT2D eigenvalue weighted by Gasteiger charge is -2.39. The molecule has 0 saturated carbocycles. The van der Waals surface area contributed by atoms with Gasteiger partial charge in [-0.2, -0.15) is 17.6 Å². The van der Waals surface area contributed by atoms with Crippen LogP contribution in [0.25, 0.3) is 16.6 Å². The predicted octanol–water partition coefficient (Wildman–Crippen LogP) is 7.47. The fraction of sp³-hybridized carbons (Fsp3) is 0.456. The molecule has 0 bridgehead atoms. The molecule has 15 rings (SSSR count). The van der Waals surface area contributed by atoms with Crippen molar-refractivity contribution in [2.45, 2.75) is 54.0 Å². The highest BCUT2D eigenvalue weighted by Gasteiger charge is 2.40. The quantitative estimate of drug-likeness (QED) is 0.0175. The van der Waals surface area contributed by atoms with E-state index in [9.17, 15) is 92.3 Å². The van der Waals surface area contributed by atoms with Crippen LogP contribution in [0, 0.1) is 77.1 Å². The first-order chi connectivity index (χ1) is 59.7. The van der Waals surface area contributed by atoms with Crippen LogP contribution in [-0.2, 0) is 79.1 Å². The normalized spacial score (nSPS) is 19.7. The molecular weight excluding hydrogens is 1750 g/mol. The number of amides is 4. The summed E-state index contributed by atoms with van der Waals surface area (Å²) >= 11 is 6.54. The molecule has 2 aromatic heterocycles. The summed E-state index contributed by atoms with van der Waals surface area (Å²) in [6.07, 6.45) is 1.04. The van der Waals surface area contributed by atoms with Crippen molar-refractivity contribution in [1.29, 1.82) is 0 Å². The zero-order valence-electron chi connectivity index (χ0n) is 68.1. The third-order valence-corrected chi connectivity index (χ3v) is 25.5. The Morgan fingerprint density at radius 3 is 1.62 bits per heavy atom. The Kier molecular flexibility index (Phi) is 30.3. The number of nitrogens with one attached hydrogen (secondary N) is 4. The van der Waals surface area contributed by atoms with Crippen LogP contribution in [0.3, 0.4) is 0 Å². The Morgan fingerprint density at radius 2 is 1.13 bits per heavy atom. The average molecular weight is 1840 g/mol. The van der Waals surface area contributed by atoms with Gasteiger partial charge in [0.2, 0.25) is 43.6 Å². The van der Waals surface area contributed by atoms with Gasteiger partial charge in [0.05, 0.1) is 124 Å². The van der Waals surface area contributed by atoms with E-state index in [1.165, 1.54) is 36.5 Å². The summed E-state index contributed by atoms with van der Waals surface area (Å²) in [6, 6.07) is 20.7. The number of nitrogens with two attached hydrogens (primary N) is 3. The molecule has 7 aliphatic heterocycles. The summed E-state index contributed by atoms with van der Waals surface area (Å²) in [5.41, 5.74) is 6.95. The number of sulfonamides is 3. The standard InChI is InChI=1S/C49H52ClF3N8O9S.C15H20N4O7S.C9H16N2O3.C6H5FN2O4S/c1-48(2)11-9-32(40(21-48)38-6-3-34(18-41(38)50)49(51,52)53)25-58-13-15-59(16-14-58)35-4-7-39(44(19-35)70-36-17-31-10-12-54-45(31)56-23-36)46(62)57-71(66,67)37-5-8-42(43(20-37)61(64)65)55-22-30-24-60(29-69-26-30)47(63)33-27-68-28-33;16-27(23,24)12-1-2-13(14(3-12)19(21)22)17-4-10-5-18(9-26-6-10)15(20)11-7-25-8-11;10-1-7-2-11(6-14-3-7)9(12)8-4-13-5-8;7-5-2-1-4(14(8,12)13)3-6(5)9(10)11/h3-8,10,12,17-20,23,30,33,55H,9,11,13-16,21-22,24-29H2,1-2H3,(H,54,56)(H,57,62);1-3,10-11,17H,4-9H2,(H2,16,23,24);7-8H,1-6,10H2;1-3H,(H2,8,12,13). The topological polar surface area (TPSA) is 524 Å². The van der Waals surface area contributed by atoms with Gasteiger partial charge in [0.1, 0.15) is 48.7 Å². The number of alkyl halides is 3. The SMILES string of the molecule is CC1(C)CCC(CN2CCN(c3ccc(C(=O)NS(=O)(=O)c4ccc(NCC5COCN(C(=O)C6COC6)C5)c([N+](=O)[O-])c4)c(Oc4cnc5[nH]ccc5c4)c3)CC2)=C(c2ccc(C(F)(F)F)cc2Cl)C1.NCC1COCN(C(=O)C2COC2)C1.NS(=O)(=O)c1ccc(F)c([N+](=O)[O-])c1.NS(=O)(=O)c1ccc(NCC2COCN(C(=O)C3COC3)C2)c([N+](=O)[O-])c1. The molecule has 7 aromatic rings. The number of aromatic amines is 1. The number of rotatable bonds is 24. The van der Waals surface area contributed by atoms with Crippen LogP contribution < -0.4 is 41.0 Å². The van der Waals surface area contributed by atoms with Crippen molar-refractivity contribution in [3.05, 3.63) is 179 Å². The number of fused-ring (bicyclic) bond motifs is 1. The monoisotopic (exact) mass is 1840 g/mol. The van der Waals surface area contributed by atoms with Gasteiger partial charge in [-0.15, -0.1) is 0 Å². The van der Waals surface area contributed by atoms with Gasteiger partial charge in [0.25, 0.3) is 27.3 Å². The second kappa shape index (κ2) is 40.5. The molecule has 3 unspecified atom stereocenters. The lowest BCUT2D eigenvalue weighted by molar-refractivity contribution is -0.387. The number of H-pyrrole nitrogens is 1. The summed E-state index contributed by atoms with van der Waals surface area (Å²) in [5, 5.41) is 50.2. The van der Waals surface area contributed by atoms with Crippen LogP contribution in [-0.4, -0.2) is 245 Å². The van der Waals surface area contributed by atoms with Gasteiger partial charge in [-0.1, -0.05) is 37.1 Å². The van der Waals surface area contributed by atoms with Crippen molar-refractivity contribution < 1.29 is 110 Å². The number of aromatic nitrogens is 2. The summed E-state index contributed by atoms with van der Waals surface area (Å²) in [4.78, 5) is 97.5. The first kappa shape index (κ1) is 94.4. The Labute approximate surface area is 725 Å². The number of hydrogen-bond acceptors (Lipinski definition) is 29. The number of carbonyl (C=O) groups excluding carboxylic acids is 4. The number of primary sulfonamides is 2. The molecule has 7 fully saturated rings. The molecule has 8 aliphatic rings. The maximum Gasteiger partial charge on any atom is 0.416 e. The molecule has 0 spiro atoms. The number of anilines is 3. The maximum absolute atomic E-state index is 14.0. The Hall–Kier alpha value is -10.7. The van der Waals surface area contributed by atoms with E-state index >= 15 is 0 Å². The third kappa shape index (κ3) is 24.1. The van der Waals surface area contributed by atoms with Crippen molar-refractivity contribution in [3.63, 3.8) is 0 Å². The van der Waals surface area contributed by atoms with E-state index in [4.69, 9.17) is 60.8 Å². The number of nitrogens with zero attached hydrogens (tertiary/aromatic N) is 9. The van der Waals surface area contributed by atoms with Crippen LogP contribution in [0.1, 0.15) is 54.6 Å². The van der Waals surface area contributed by atoms with E-state index in [-0.39, 0.29) is 117 Å². The smallest absolute Gasteiger partial charge is 0.416 e. The Bertz CT molecular complexity index is 5630. The molecule has 10 N–H and O–H groups in total. The first-order valence-electron chi connectivity index (χ1n) is 39.6. The molecule has 7 saturated heterocycles. The van der Waals surface area contributed by atoms with Gasteiger partial charge < -0.3 is 74.1 Å². The highest BCUT2D eigenvalue weighted by molar-refractivity contribution is 7.90. The van der Waals surface area contributed by atoms with Gasteiger partial charge in [0, 0.05) is 130 Å². The summed E-state index contributed by atoms with van der Waals surface area (Å²) in [6.45, 7) is 14.8. The van der Waals surface area contributed by atoms with Gasteiger partial charge in [-0.3, -0.25) is 54.4 Å². The number of carbonyl (C=O) groups is 4. The highest BCUT2D eigenvalue weighted by Crippen LogP contribution is 2.46. The highest BCUT2D eigenvalue weighted by atomic mass is 35.5. The number of ether oxygens (including phenoxy) is 7. The summed E-state index contributed by atoms with van der Waals surface area (Å²) in [7, 11) is -12.8. The van der Waals surface area contributed by atoms with Gasteiger partial charge in [-0.05, 0) is 115 Å².